The van der Waals surface area contributed by atoms with Crippen LogP contribution in [0.1, 0.15) is 0 Å². The van der Waals surface area contributed by atoms with Crippen LogP contribution >= 0.6 is 0 Å². The Labute approximate surface area is 239 Å². The maximum absolute atomic E-state index is 14.6. The van der Waals surface area contributed by atoms with E-state index < -0.39 is 5.82 Å². The number of anilines is 1. The summed E-state index contributed by atoms with van der Waals surface area (Å²) in [5, 5.41) is 7.53. The number of hydrogen-bond donors (Lipinski definition) is 3. The van der Waals surface area contributed by atoms with Gasteiger partial charge < -0.3 is 25.3 Å². The lowest BCUT2D eigenvalue weighted by Gasteiger charge is -2.37. The lowest BCUT2D eigenvalue weighted by molar-refractivity contribution is 0.260. The van der Waals surface area contributed by atoms with Crippen LogP contribution in [0, 0.1) is 5.82 Å². The Morgan fingerprint density at radius 1 is 1.07 bits per heavy atom. The van der Waals surface area contributed by atoms with E-state index in [1.165, 1.54) is 12.1 Å². The number of imidazole rings is 1. The molecule has 13 heteroatoms. The Hall–Kier alpha value is -5.01. The number of H-pyrrole nitrogens is 2. The number of pyridine rings is 2. The van der Waals surface area contributed by atoms with E-state index in [-0.39, 0.29) is 6.04 Å². The molecule has 0 spiro atoms. The molecule has 0 atom stereocenters. The molecule has 1 fully saturated rings. The van der Waals surface area contributed by atoms with E-state index in [9.17, 15) is 4.39 Å². The molecule has 0 saturated carbocycles. The summed E-state index contributed by atoms with van der Waals surface area (Å²) in [6, 6.07) is 10.4. The number of nitrogens with zero attached hydrogens (tertiary/aromatic N) is 8. The second-order valence-corrected chi connectivity index (χ2v) is 10.6. The molecule has 0 amide bonds. The number of likely N-dealkylation sites (N-methyl/N-ethyl adjacent to an activating group) is 1. The van der Waals surface area contributed by atoms with E-state index in [1.54, 1.807) is 18.6 Å². The van der Waals surface area contributed by atoms with Gasteiger partial charge in [0.1, 0.15) is 35.2 Å². The summed E-state index contributed by atoms with van der Waals surface area (Å²) in [4.78, 5) is 30.6. The van der Waals surface area contributed by atoms with Crippen molar-refractivity contribution in [3.05, 3.63) is 60.8 Å². The lowest BCUT2D eigenvalue weighted by Crippen LogP contribution is -2.56. The molecule has 0 radical (unpaired) electrons. The molecule has 0 unspecified atom stereocenters. The van der Waals surface area contributed by atoms with Gasteiger partial charge in [-0.25, -0.2) is 24.3 Å². The summed E-state index contributed by atoms with van der Waals surface area (Å²) in [5.74, 6) is 1.31. The van der Waals surface area contributed by atoms with Crippen molar-refractivity contribution in [1.82, 2.24) is 45.0 Å². The first-order chi connectivity index (χ1) is 20.4. The molecular weight excluding hydrogens is 537 g/mol. The van der Waals surface area contributed by atoms with Crippen molar-refractivity contribution in [3.8, 4) is 39.8 Å². The third-order valence-electron chi connectivity index (χ3n) is 7.13. The lowest BCUT2D eigenvalue weighted by atomic mass is 10.1. The summed E-state index contributed by atoms with van der Waals surface area (Å²) in [7, 11) is 3.92. The van der Waals surface area contributed by atoms with Gasteiger partial charge in [0.25, 0.3) is 0 Å². The number of benzene rings is 1. The number of aromatic amines is 2. The van der Waals surface area contributed by atoms with E-state index in [0.717, 1.165) is 30.0 Å². The molecule has 212 valence electrons. The highest BCUT2D eigenvalue weighted by Gasteiger charge is 2.25. The number of nitrogens with one attached hydrogen (secondary N) is 2. The number of hydrogen-bond acceptors (Lipinski definition) is 10. The highest BCUT2D eigenvalue weighted by Crippen LogP contribution is 2.33. The van der Waals surface area contributed by atoms with Gasteiger partial charge in [0.05, 0.1) is 29.1 Å². The number of halogens is 1. The zero-order valence-corrected chi connectivity index (χ0v) is 23.0. The third-order valence-corrected chi connectivity index (χ3v) is 7.13. The average Bonchev–Trinajstić information content (AvgIpc) is 3.59. The number of aromatic nitrogens is 8. The van der Waals surface area contributed by atoms with Crippen LogP contribution in [0.4, 0.5) is 10.2 Å². The summed E-state index contributed by atoms with van der Waals surface area (Å²) >= 11 is 0. The molecular formula is C29H28FN11O. The van der Waals surface area contributed by atoms with Gasteiger partial charge in [0, 0.05) is 43.5 Å². The molecule has 6 aromatic rings. The van der Waals surface area contributed by atoms with Crippen molar-refractivity contribution >= 4 is 28.0 Å². The first-order valence-electron chi connectivity index (χ1n) is 13.5. The second kappa shape index (κ2) is 10.4. The highest BCUT2D eigenvalue weighted by atomic mass is 19.1. The fraction of sp³-hybridized carbons (Fsp3) is 0.241. The maximum Gasteiger partial charge on any atom is 0.178 e. The standard InChI is InChI=1S/C29H28FN11O/c1-40(2)7-8-42-19-10-16(9-17(30)11-19)20-5-6-33-28-25(20)36-29(37-28)27-26-22(38-39-27)4-3-21(35-26)23-12-32-13-24(34-23)41-14-18(31)15-41/h3-6,9-13,18H,7-8,14-15,31H2,1-2H3,(H,38,39)(H,33,36,37). The Morgan fingerprint density at radius 2 is 1.95 bits per heavy atom. The zero-order chi connectivity index (χ0) is 28.8. The molecule has 12 nitrogen and oxygen atoms in total. The zero-order valence-electron chi connectivity index (χ0n) is 23.0. The summed E-state index contributed by atoms with van der Waals surface area (Å²) in [6.45, 7) is 2.66. The Morgan fingerprint density at radius 3 is 2.79 bits per heavy atom. The fourth-order valence-electron chi connectivity index (χ4n) is 4.95. The molecule has 1 aromatic carbocycles. The van der Waals surface area contributed by atoms with E-state index in [0.29, 0.717) is 64.1 Å². The van der Waals surface area contributed by atoms with Crippen LogP contribution in [-0.4, -0.2) is 91.4 Å². The molecule has 6 heterocycles. The van der Waals surface area contributed by atoms with Gasteiger partial charge in [-0.1, -0.05) is 0 Å². The predicted molar refractivity (Wildman–Crippen MR) is 157 cm³/mol. The van der Waals surface area contributed by atoms with Gasteiger partial charge in [0.2, 0.25) is 0 Å². The molecule has 1 aliphatic rings. The van der Waals surface area contributed by atoms with Crippen molar-refractivity contribution in [2.45, 2.75) is 6.04 Å². The third kappa shape index (κ3) is 4.88. The Kier molecular flexibility index (Phi) is 6.44. The second-order valence-electron chi connectivity index (χ2n) is 10.6. The maximum atomic E-state index is 14.6. The van der Waals surface area contributed by atoms with Crippen LogP contribution in [0.25, 0.3) is 56.2 Å². The number of ether oxygens (including phenoxy) is 1. The van der Waals surface area contributed by atoms with Crippen LogP contribution in [-0.2, 0) is 0 Å². The van der Waals surface area contributed by atoms with Crippen molar-refractivity contribution in [2.75, 3.05) is 45.2 Å². The van der Waals surface area contributed by atoms with Gasteiger partial charge in [-0.15, -0.1) is 0 Å². The van der Waals surface area contributed by atoms with E-state index >= 15 is 0 Å². The number of fused-ring (bicyclic) bond motifs is 2. The first-order valence-corrected chi connectivity index (χ1v) is 13.5. The van der Waals surface area contributed by atoms with Gasteiger partial charge in [-0.2, -0.15) is 5.10 Å². The SMILES string of the molecule is CN(C)CCOc1cc(F)cc(-c2ccnc3nc(-c4n[nH]c5ccc(-c6cncc(N7CC(N)C7)n6)nc45)[nH]c23)c1. The smallest absolute Gasteiger partial charge is 0.178 e. The van der Waals surface area contributed by atoms with Crippen molar-refractivity contribution in [2.24, 2.45) is 5.73 Å². The molecule has 5 aromatic heterocycles. The van der Waals surface area contributed by atoms with Crippen LogP contribution in [0.2, 0.25) is 0 Å². The number of rotatable bonds is 8. The topological polar surface area (TPSA) is 151 Å². The minimum absolute atomic E-state index is 0.154. The van der Waals surface area contributed by atoms with E-state index in [4.69, 9.17) is 25.4 Å². The summed E-state index contributed by atoms with van der Waals surface area (Å²) in [6.07, 6.45) is 5.06. The molecule has 0 bridgehead atoms. The fourth-order valence-corrected chi connectivity index (χ4v) is 4.95. The molecule has 1 aliphatic heterocycles. The molecule has 1 saturated heterocycles. The largest absolute Gasteiger partial charge is 0.492 e. The monoisotopic (exact) mass is 565 g/mol. The number of nitrogens with two attached hydrogens (primary N) is 1. The van der Waals surface area contributed by atoms with Gasteiger partial charge in [-0.05, 0) is 50.0 Å². The summed E-state index contributed by atoms with van der Waals surface area (Å²) < 4.78 is 20.4. The van der Waals surface area contributed by atoms with Crippen LogP contribution < -0.4 is 15.4 Å². The van der Waals surface area contributed by atoms with Gasteiger partial charge in [0.15, 0.2) is 17.2 Å². The van der Waals surface area contributed by atoms with Crippen molar-refractivity contribution in [1.29, 1.82) is 0 Å². The van der Waals surface area contributed by atoms with Crippen molar-refractivity contribution in [3.63, 3.8) is 0 Å². The normalized spacial score (nSPS) is 13.8. The quantitative estimate of drug-likeness (QED) is 0.251. The van der Waals surface area contributed by atoms with Gasteiger partial charge in [-0.3, -0.25) is 10.1 Å². The van der Waals surface area contributed by atoms with Crippen LogP contribution in [0.5, 0.6) is 5.75 Å². The average molecular weight is 566 g/mol. The molecule has 7 rings (SSSR count). The minimum atomic E-state index is -0.392. The predicted octanol–water partition coefficient (Wildman–Crippen LogP) is 3.25. The molecule has 0 aliphatic carbocycles. The van der Waals surface area contributed by atoms with Gasteiger partial charge >= 0.3 is 0 Å². The Bertz CT molecular complexity index is 1910. The van der Waals surface area contributed by atoms with Crippen molar-refractivity contribution < 1.29 is 9.13 Å². The minimum Gasteiger partial charge on any atom is -0.492 e. The van der Waals surface area contributed by atoms with Crippen LogP contribution in [0.15, 0.2) is 55.0 Å². The first kappa shape index (κ1) is 25.9. The van der Waals surface area contributed by atoms with Crippen LogP contribution in [0.3, 0.4) is 0 Å². The highest BCUT2D eigenvalue weighted by molar-refractivity contribution is 5.95. The summed E-state index contributed by atoms with van der Waals surface area (Å²) in [5.41, 5.74) is 11.6. The van der Waals surface area contributed by atoms with E-state index in [1.807, 2.05) is 43.3 Å². The Balaban J connectivity index is 1.24. The van der Waals surface area contributed by atoms with E-state index in [2.05, 4.69) is 30.0 Å². The molecule has 42 heavy (non-hydrogen) atoms. The molecule has 4 N–H and O–H groups in total.